The van der Waals surface area contributed by atoms with Gasteiger partial charge in [0.05, 0.1) is 12.6 Å². The Hall–Kier alpha value is -2.04. The molecule has 0 aromatic heterocycles. The third-order valence-electron chi connectivity index (χ3n) is 3.28. The van der Waals surface area contributed by atoms with E-state index in [1.807, 2.05) is 30.3 Å². The van der Waals surface area contributed by atoms with Crippen LogP contribution in [0, 0.1) is 5.92 Å². The number of carbonyl (C=O) groups is 1. The van der Waals surface area contributed by atoms with E-state index in [-0.39, 0.29) is 18.4 Å². The molecule has 1 fully saturated rings. The molecule has 0 radical (unpaired) electrons. The van der Waals surface area contributed by atoms with Crippen molar-refractivity contribution in [2.45, 2.75) is 12.5 Å². The van der Waals surface area contributed by atoms with Crippen molar-refractivity contribution in [1.29, 1.82) is 0 Å². The predicted molar refractivity (Wildman–Crippen MR) is 70.1 cm³/mol. The number of hydrogen-bond donors (Lipinski definition) is 1. The number of amides is 1. The minimum absolute atomic E-state index is 0.00752. The quantitative estimate of drug-likeness (QED) is 0.497. The Balaban J connectivity index is 1.92. The van der Waals surface area contributed by atoms with Crippen molar-refractivity contribution in [3.63, 3.8) is 0 Å². The summed E-state index contributed by atoms with van der Waals surface area (Å²) in [5.74, 6) is 0.0690. The minimum Gasteiger partial charge on any atom is -0.387 e. The van der Waals surface area contributed by atoms with E-state index in [4.69, 9.17) is 5.53 Å². The van der Waals surface area contributed by atoms with Crippen molar-refractivity contribution in [2.75, 3.05) is 19.6 Å². The summed E-state index contributed by atoms with van der Waals surface area (Å²) in [6.07, 6.45) is -0.288. The summed E-state index contributed by atoms with van der Waals surface area (Å²) in [5.41, 5.74) is 9.07. The molecule has 2 rings (SSSR count). The maximum atomic E-state index is 11.8. The molecule has 1 heterocycles. The van der Waals surface area contributed by atoms with Gasteiger partial charge in [0.1, 0.15) is 0 Å². The second kappa shape index (κ2) is 6.22. The molecule has 1 aliphatic heterocycles. The third kappa shape index (κ3) is 3.47. The Bertz CT molecular complexity index is 485. The van der Waals surface area contributed by atoms with Crippen LogP contribution in [0.4, 0.5) is 0 Å². The fourth-order valence-corrected chi connectivity index (χ4v) is 2.29. The van der Waals surface area contributed by atoms with E-state index in [1.165, 1.54) is 0 Å². The van der Waals surface area contributed by atoms with E-state index in [1.54, 1.807) is 4.90 Å². The number of benzene rings is 1. The highest BCUT2D eigenvalue weighted by molar-refractivity contribution is 5.78. The van der Waals surface area contributed by atoms with Crippen molar-refractivity contribution in [3.8, 4) is 0 Å². The molecule has 0 spiro atoms. The molecule has 100 valence electrons. The number of aliphatic hydroxyl groups excluding tert-OH is 1. The summed E-state index contributed by atoms with van der Waals surface area (Å²) in [5, 5.41) is 13.6. The van der Waals surface area contributed by atoms with Crippen molar-refractivity contribution >= 4 is 5.91 Å². The molecule has 0 aliphatic carbocycles. The van der Waals surface area contributed by atoms with Gasteiger partial charge in [-0.05, 0) is 17.0 Å². The number of azide groups is 1. The zero-order valence-electron chi connectivity index (χ0n) is 10.5. The van der Waals surface area contributed by atoms with Gasteiger partial charge < -0.3 is 10.0 Å². The van der Waals surface area contributed by atoms with Crippen LogP contribution >= 0.6 is 0 Å². The van der Waals surface area contributed by atoms with E-state index >= 15 is 0 Å². The molecular formula is C13H16N4O2. The number of hydrogen-bond acceptors (Lipinski definition) is 3. The van der Waals surface area contributed by atoms with Crippen LogP contribution in [0.25, 0.3) is 10.4 Å². The minimum atomic E-state index is -0.677. The van der Waals surface area contributed by atoms with Gasteiger partial charge in [0.2, 0.25) is 5.91 Å². The molecule has 6 heteroatoms. The zero-order chi connectivity index (χ0) is 13.7. The van der Waals surface area contributed by atoms with Gasteiger partial charge >= 0.3 is 0 Å². The maximum Gasteiger partial charge on any atom is 0.223 e. The topological polar surface area (TPSA) is 89.3 Å². The lowest BCUT2D eigenvalue weighted by molar-refractivity contribution is -0.129. The van der Waals surface area contributed by atoms with Gasteiger partial charge in [0.25, 0.3) is 0 Å². The van der Waals surface area contributed by atoms with Gasteiger partial charge in [-0.1, -0.05) is 35.4 Å². The van der Waals surface area contributed by atoms with Crippen LogP contribution in [0.3, 0.4) is 0 Å². The summed E-state index contributed by atoms with van der Waals surface area (Å²) in [6.45, 7) is 1.16. The molecule has 0 saturated carbocycles. The summed E-state index contributed by atoms with van der Waals surface area (Å²) < 4.78 is 0. The average molecular weight is 260 g/mol. The molecule has 1 N–H and O–H groups in total. The largest absolute Gasteiger partial charge is 0.387 e. The lowest BCUT2D eigenvalue weighted by atomic mass is 10.1. The molecule has 2 atom stereocenters. The predicted octanol–water partition coefficient (Wildman–Crippen LogP) is 1.88. The number of likely N-dealkylation sites (tertiary alicyclic amines) is 1. The van der Waals surface area contributed by atoms with Crippen LogP contribution < -0.4 is 0 Å². The summed E-state index contributed by atoms with van der Waals surface area (Å²) in [6, 6.07) is 9.27. The normalized spacial score (nSPS) is 20.2. The smallest absolute Gasteiger partial charge is 0.223 e. The average Bonchev–Trinajstić information content (AvgIpc) is 2.78. The SMILES string of the molecule is [N-]=[N+]=NCC1CC(=O)N(CC(O)c2ccccc2)C1. The standard InChI is InChI=1S/C13H16N4O2/c14-16-15-7-10-6-13(19)17(8-10)9-12(18)11-4-2-1-3-5-11/h1-5,10,12,18H,6-9H2. The monoisotopic (exact) mass is 260 g/mol. The first kappa shape index (κ1) is 13.4. The van der Waals surface area contributed by atoms with Gasteiger partial charge in [-0.2, -0.15) is 0 Å². The van der Waals surface area contributed by atoms with Crippen LogP contribution in [0.2, 0.25) is 0 Å². The van der Waals surface area contributed by atoms with Gasteiger partial charge in [0, 0.05) is 24.4 Å². The first-order valence-electron chi connectivity index (χ1n) is 6.22. The Labute approximate surface area is 111 Å². The van der Waals surface area contributed by atoms with Gasteiger partial charge in [-0.3, -0.25) is 4.79 Å². The second-order valence-corrected chi connectivity index (χ2v) is 4.71. The van der Waals surface area contributed by atoms with Gasteiger partial charge in [-0.25, -0.2) is 0 Å². The Morgan fingerprint density at radius 3 is 2.89 bits per heavy atom. The molecule has 1 aromatic carbocycles. The third-order valence-corrected chi connectivity index (χ3v) is 3.28. The number of carbonyl (C=O) groups excluding carboxylic acids is 1. The van der Waals surface area contributed by atoms with E-state index in [9.17, 15) is 9.90 Å². The number of nitrogens with zero attached hydrogens (tertiary/aromatic N) is 4. The Kier molecular flexibility index (Phi) is 4.39. The lowest BCUT2D eigenvalue weighted by Crippen LogP contribution is -2.30. The molecule has 1 saturated heterocycles. The molecule has 2 unspecified atom stereocenters. The van der Waals surface area contributed by atoms with Crippen LogP contribution in [0.1, 0.15) is 18.1 Å². The summed E-state index contributed by atoms with van der Waals surface area (Å²) in [7, 11) is 0. The highest BCUT2D eigenvalue weighted by Crippen LogP contribution is 2.22. The summed E-state index contributed by atoms with van der Waals surface area (Å²) >= 11 is 0. The first-order valence-corrected chi connectivity index (χ1v) is 6.22. The lowest BCUT2D eigenvalue weighted by Gasteiger charge is -2.20. The number of β-amino-alcohol motifs (C(OH)–C–C–N with tert-alkyl or cyclic N) is 1. The molecule has 1 aliphatic rings. The second-order valence-electron chi connectivity index (χ2n) is 4.71. The van der Waals surface area contributed by atoms with E-state index < -0.39 is 6.10 Å². The van der Waals surface area contributed by atoms with Crippen LogP contribution in [-0.4, -0.2) is 35.5 Å². The molecule has 1 aromatic rings. The highest BCUT2D eigenvalue weighted by Gasteiger charge is 2.30. The van der Waals surface area contributed by atoms with Crippen molar-refractivity contribution < 1.29 is 9.90 Å². The van der Waals surface area contributed by atoms with Crippen LogP contribution in [-0.2, 0) is 4.79 Å². The Morgan fingerprint density at radius 2 is 2.21 bits per heavy atom. The van der Waals surface area contributed by atoms with E-state index in [0.29, 0.717) is 19.5 Å². The van der Waals surface area contributed by atoms with Gasteiger partial charge in [-0.15, -0.1) is 0 Å². The molecular weight excluding hydrogens is 244 g/mol. The van der Waals surface area contributed by atoms with Crippen molar-refractivity contribution in [3.05, 3.63) is 46.3 Å². The number of rotatable bonds is 5. The van der Waals surface area contributed by atoms with Crippen molar-refractivity contribution in [1.82, 2.24) is 4.90 Å². The molecule has 0 bridgehead atoms. The first-order chi connectivity index (χ1) is 9.20. The fraction of sp³-hybridized carbons (Fsp3) is 0.462. The Morgan fingerprint density at radius 1 is 1.47 bits per heavy atom. The van der Waals surface area contributed by atoms with Crippen LogP contribution in [0.5, 0.6) is 0 Å². The highest BCUT2D eigenvalue weighted by atomic mass is 16.3. The van der Waals surface area contributed by atoms with E-state index in [2.05, 4.69) is 10.0 Å². The van der Waals surface area contributed by atoms with Crippen LogP contribution in [0.15, 0.2) is 35.4 Å². The van der Waals surface area contributed by atoms with Gasteiger partial charge in [0.15, 0.2) is 0 Å². The molecule has 19 heavy (non-hydrogen) atoms. The fourth-order valence-electron chi connectivity index (χ4n) is 2.29. The number of aliphatic hydroxyl groups is 1. The molecule has 1 amide bonds. The summed E-state index contributed by atoms with van der Waals surface area (Å²) in [4.78, 5) is 16.1. The molecule has 6 nitrogen and oxygen atoms in total. The maximum absolute atomic E-state index is 11.8. The zero-order valence-corrected chi connectivity index (χ0v) is 10.5. The van der Waals surface area contributed by atoms with E-state index in [0.717, 1.165) is 5.56 Å². The van der Waals surface area contributed by atoms with Crippen molar-refractivity contribution in [2.24, 2.45) is 11.0 Å².